The fraction of sp³-hybridized carbons (Fsp3) is 0.851. The van der Waals surface area contributed by atoms with Crippen LogP contribution in [0.2, 0.25) is 36.3 Å². The molecule has 4 fully saturated rings. The maximum atomic E-state index is 13.2. The summed E-state index contributed by atoms with van der Waals surface area (Å²) >= 11 is 0. The summed E-state index contributed by atoms with van der Waals surface area (Å²) in [4.78, 5) is 13.2. The number of ketones is 1. The minimum Gasteiger partial charge on any atom is -0.414 e. The molecule has 0 amide bonds. The molecule has 4 aliphatic rings. The molecule has 7 atom stereocenters. The summed E-state index contributed by atoms with van der Waals surface area (Å²) in [5.74, 6) is 1.91. The van der Waals surface area contributed by atoms with Gasteiger partial charge in [0, 0.05) is 6.42 Å². The van der Waals surface area contributed by atoms with Crippen LogP contribution in [-0.2, 0) is 13.6 Å². The molecular formula is C47H84O4Si2. The van der Waals surface area contributed by atoms with Crippen molar-refractivity contribution in [2.24, 2.45) is 28.6 Å². The molecular weight excluding hydrogens is 685 g/mol. The fourth-order valence-electron chi connectivity index (χ4n) is 9.79. The van der Waals surface area contributed by atoms with Gasteiger partial charge in [0.15, 0.2) is 16.6 Å². The topological polar surface area (TPSA) is 55.8 Å². The van der Waals surface area contributed by atoms with Gasteiger partial charge in [-0.05, 0) is 130 Å². The SMILES string of the molecule is CCCCCCCCC(=O)C1([C@@H](O)/C=C/[C@@H](C)[C@H]2CC[C@H]3/C(=C/C=C4C[C@@H](O[Si](C)(C)C(C)(C)C)C[C@H](O[Si](C)(C)C(C)(C)C)C4)CCC[C@]23C)CC1. The van der Waals surface area contributed by atoms with Crippen LogP contribution in [0, 0.1) is 28.6 Å². The van der Waals surface area contributed by atoms with E-state index in [0.717, 1.165) is 44.9 Å². The number of allylic oxidation sites excluding steroid dienone is 4. The molecule has 0 aliphatic heterocycles. The van der Waals surface area contributed by atoms with Crippen LogP contribution in [0.3, 0.4) is 0 Å². The summed E-state index contributed by atoms with van der Waals surface area (Å²) in [5, 5.41) is 11.7. The first-order chi connectivity index (χ1) is 24.6. The second-order valence-corrected chi connectivity index (χ2v) is 31.1. The molecule has 4 rings (SSSR count). The lowest BCUT2D eigenvalue weighted by atomic mass is 9.61. The number of hydrogen-bond donors (Lipinski definition) is 1. The fourth-order valence-corrected chi connectivity index (χ4v) is 12.5. The average Bonchev–Trinajstić information content (AvgIpc) is 3.78. The van der Waals surface area contributed by atoms with Gasteiger partial charge in [0.25, 0.3) is 0 Å². The third-order valence-corrected chi connectivity index (χ3v) is 24.6. The van der Waals surface area contributed by atoms with Crippen LogP contribution in [0.25, 0.3) is 0 Å². The van der Waals surface area contributed by atoms with Gasteiger partial charge in [0.1, 0.15) is 5.78 Å². The van der Waals surface area contributed by atoms with E-state index in [2.05, 4.69) is 107 Å². The Morgan fingerprint density at radius 2 is 1.42 bits per heavy atom. The van der Waals surface area contributed by atoms with E-state index >= 15 is 0 Å². The highest BCUT2D eigenvalue weighted by molar-refractivity contribution is 6.74. The number of fused-ring (bicyclic) bond motifs is 1. The van der Waals surface area contributed by atoms with Gasteiger partial charge in [-0.15, -0.1) is 0 Å². The van der Waals surface area contributed by atoms with E-state index in [1.807, 2.05) is 6.08 Å². The minimum absolute atomic E-state index is 0.187. The summed E-state index contributed by atoms with van der Waals surface area (Å²) < 4.78 is 14.2. The molecule has 0 bridgehead atoms. The van der Waals surface area contributed by atoms with Crippen molar-refractivity contribution in [3.63, 3.8) is 0 Å². The van der Waals surface area contributed by atoms with Crippen LogP contribution in [0.5, 0.6) is 0 Å². The van der Waals surface area contributed by atoms with Crippen LogP contribution in [-0.4, -0.2) is 45.8 Å². The summed E-state index contributed by atoms with van der Waals surface area (Å²) in [6.07, 6.45) is 27.9. The Hall–Kier alpha value is -0.796. The zero-order valence-corrected chi connectivity index (χ0v) is 39.0. The van der Waals surface area contributed by atoms with Crippen LogP contribution in [0.15, 0.2) is 35.5 Å². The van der Waals surface area contributed by atoms with Gasteiger partial charge in [0.2, 0.25) is 0 Å². The van der Waals surface area contributed by atoms with Crippen molar-refractivity contribution in [1.29, 1.82) is 0 Å². The highest BCUT2D eigenvalue weighted by atomic mass is 28.4. The Morgan fingerprint density at radius 3 is 1.96 bits per heavy atom. The zero-order valence-electron chi connectivity index (χ0n) is 37.0. The molecule has 53 heavy (non-hydrogen) atoms. The van der Waals surface area contributed by atoms with Gasteiger partial charge < -0.3 is 14.0 Å². The van der Waals surface area contributed by atoms with Crippen molar-refractivity contribution >= 4 is 22.4 Å². The van der Waals surface area contributed by atoms with E-state index in [0.29, 0.717) is 30.0 Å². The highest BCUT2D eigenvalue weighted by Gasteiger charge is 2.54. The van der Waals surface area contributed by atoms with Crippen molar-refractivity contribution in [2.75, 3.05) is 0 Å². The molecule has 0 aromatic rings. The molecule has 4 saturated carbocycles. The number of hydrogen-bond acceptors (Lipinski definition) is 4. The van der Waals surface area contributed by atoms with Crippen LogP contribution in [0.1, 0.15) is 171 Å². The van der Waals surface area contributed by atoms with Crippen molar-refractivity contribution in [2.45, 2.75) is 226 Å². The average molecular weight is 769 g/mol. The Kier molecular flexibility index (Phi) is 15.1. The van der Waals surface area contributed by atoms with E-state index in [1.165, 1.54) is 63.4 Å². The maximum absolute atomic E-state index is 13.2. The molecule has 1 N–H and O–H groups in total. The van der Waals surface area contributed by atoms with Crippen molar-refractivity contribution in [3.8, 4) is 0 Å². The number of aliphatic hydroxyl groups is 1. The van der Waals surface area contributed by atoms with Gasteiger partial charge >= 0.3 is 0 Å². The number of carbonyl (C=O) groups is 1. The predicted octanol–water partition coefficient (Wildman–Crippen LogP) is 13.7. The molecule has 6 heteroatoms. The van der Waals surface area contributed by atoms with Crippen LogP contribution >= 0.6 is 0 Å². The number of rotatable bonds is 17. The molecule has 0 spiro atoms. The molecule has 304 valence electrons. The molecule has 0 aromatic heterocycles. The summed E-state index contributed by atoms with van der Waals surface area (Å²) in [6, 6.07) is 0. The molecule has 0 radical (unpaired) electrons. The van der Waals surface area contributed by atoms with Gasteiger partial charge in [-0.3, -0.25) is 4.79 Å². The number of carbonyl (C=O) groups excluding carboxylic acids is 1. The first-order valence-corrected chi connectivity index (χ1v) is 28.0. The van der Waals surface area contributed by atoms with Crippen molar-refractivity contribution < 1.29 is 18.8 Å². The summed E-state index contributed by atoms with van der Waals surface area (Å²) in [5.41, 5.74) is 2.93. The lowest BCUT2D eigenvalue weighted by Crippen LogP contribution is -2.48. The first kappa shape index (κ1) is 44.9. The van der Waals surface area contributed by atoms with Gasteiger partial charge in [0.05, 0.1) is 23.7 Å². The normalized spacial score (nSPS) is 30.1. The summed E-state index contributed by atoms with van der Waals surface area (Å²) in [6.45, 7) is 30.9. The van der Waals surface area contributed by atoms with Crippen molar-refractivity contribution in [1.82, 2.24) is 0 Å². The molecule has 0 unspecified atom stereocenters. The summed E-state index contributed by atoms with van der Waals surface area (Å²) in [7, 11) is -3.82. The second kappa shape index (κ2) is 17.8. The van der Waals surface area contributed by atoms with E-state index in [9.17, 15) is 9.90 Å². The van der Waals surface area contributed by atoms with Gasteiger partial charge in [-0.25, -0.2) is 0 Å². The molecule has 4 aliphatic carbocycles. The van der Waals surface area contributed by atoms with E-state index in [4.69, 9.17) is 8.85 Å². The standard InChI is InChI=1S/C47H84O4Si2/c1-14-15-16-17-18-19-22-42(48)47(30-31-47)43(49)28-23-35(2)40-26-27-41-37(21-20-29-46(40,41)9)25-24-36-32-38(50-52(10,11)44(3,4)5)34-39(33-36)51-53(12,13)45(6,7)8/h23-25,28,35,38-41,43,49H,14-22,26-27,29-34H2,1-13H3/b28-23+,37-25+/t35-,38-,39-,40-,41+,43+,46-/m1/s1. The van der Waals surface area contributed by atoms with E-state index in [1.54, 1.807) is 5.57 Å². The third kappa shape index (κ3) is 11.0. The third-order valence-electron chi connectivity index (χ3n) is 15.5. The minimum atomic E-state index is -1.91. The molecule has 0 aromatic carbocycles. The van der Waals surface area contributed by atoms with Crippen LogP contribution < -0.4 is 0 Å². The highest BCUT2D eigenvalue weighted by Crippen LogP contribution is 2.60. The Bertz CT molecular complexity index is 1270. The quantitative estimate of drug-likeness (QED) is 0.0909. The zero-order chi connectivity index (χ0) is 39.5. The van der Waals surface area contributed by atoms with Crippen LogP contribution in [0.4, 0.5) is 0 Å². The molecule has 0 heterocycles. The first-order valence-electron chi connectivity index (χ1n) is 22.2. The van der Waals surface area contributed by atoms with Crippen molar-refractivity contribution in [3.05, 3.63) is 35.5 Å². The number of Topliss-reactive ketones (excluding diaryl/α,β-unsaturated/α-hetero) is 1. The largest absolute Gasteiger partial charge is 0.414 e. The monoisotopic (exact) mass is 769 g/mol. The maximum Gasteiger partial charge on any atom is 0.192 e. The van der Waals surface area contributed by atoms with E-state index < -0.39 is 28.2 Å². The van der Waals surface area contributed by atoms with Gasteiger partial charge in [-0.1, -0.05) is 130 Å². The lowest BCUT2D eigenvalue weighted by molar-refractivity contribution is -0.127. The Balaban J connectivity index is 1.44. The Morgan fingerprint density at radius 1 is 0.849 bits per heavy atom. The smallest absolute Gasteiger partial charge is 0.192 e. The second-order valence-electron chi connectivity index (χ2n) is 21.6. The molecule has 0 saturated heterocycles. The number of aliphatic hydroxyl groups excluding tert-OH is 1. The molecule has 4 nitrogen and oxygen atoms in total. The van der Waals surface area contributed by atoms with E-state index in [-0.39, 0.29) is 27.7 Å². The lowest BCUT2D eigenvalue weighted by Gasteiger charge is -2.45. The van der Waals surface area contributed by atoms with Gasteiger partial charge in [-0.2, -0.15) is 0 Å². The number of unbranched alkanes of at least 4 members (excludes halogenated alkanes) is 5. The Labute approximate surface area is 330 Å². The predicted molar refractivity (Wildman–Crippen MR) is 231 cm³/mol.